The fraction of sp³-hybridized carbons (Fsp3) is 0.897. The van der Waals surface area contributed by atoms with Gasteiger partial charge in [-0.05, 0) is 81.0 Å². The van der Waals surface area contributed by atoms with Crippen molar-refractivity contribution in [1.82, 2.24) is 0 Å². The average molecular weight is 463 g/mol. The van der Waals surface area contributed by atoms with Gasteiger partial charge in [0, 0.05) is 0 Å². The number of hydrogen-bond acceptors (Lipinski definition) is 4. The number of rotatable bonds is 12. The quantitative estimate of drug-likeness (QED) is 0.196. The van der Waals surface area contributed by atoms with Crippen LogP contribution in [-0.2, 0) is 14.3 Å². The molecule has 2 aliphatic carbocycles. The highest BCUT2D eigenvalue weighted by Crippen LogP contribution is 2.42. The van der Waals surface area contributed by atoms with E-state index in [-0.39, 0.29) is 12.2 Å². The predicted molar refractivity (Wildman–Crippen MR) is 134 cm³/mol. The van der Waals surface area contributed by atoms with Gasteiger partial charge in [-0.15, -0.1) is 0 Å². The highest BCUT2D eigenvalue weighted by molar-refractivity contribution is 5.87. The van der Waals surface area contributed by atoms with Crippen molar-refractivity contribution >= 4 is 5.97 Å². The van der Waals surface area contributed by atoms with E-state index in [9.17, 15) is 4.79 Å². The van der Waals surface area contributed by atoms with Crippen LogP contribution in [0.5, 0.6) is 0 Å². The molecule has 33 heavy (non-hydrogen) atoms. The second-order valence-corrected chi connectivity index (χ2v) is 11.3. The van der Waals surface area contributed by atoms with E-state index in [0.29, 0.717) is 12.7 Å². The summed E-state index contributed by atoms with van der Waals surface area (Å²) in [5.41, 5.74) is 0.141. The summed E-state index contributed by atoms with van der Waals surface area (Å²) < 4.78 is 11.7. The molecule has 190 valence electrons. The van der Waals surface area contributed by atoms with E-state index in [1.165, 1.54) is 89.9 Å². The Morgan fingerprint density at radius 2 is 1.45 bits per heavy atom. The molecule has 0 aromatic carbocycles. The number of aliphatic hydroxyl groups excluding tert-OH is 1. The zero-order valence-electron chi connectivity index (χ0n) is 21.3. The highest BCUT2D eigenvalue weighted by Gasteiger charge is 2.35. The van der Waals surface area contributed by atoms with Crippen LogP contribution >= 0.6 is 0 Å². The summed E-state index contributed by atoms with van der Waals surface area (Å²) in [6, 6.07) is 0. The van der Waals surface area contributed by atoms with Gasteiger partial charge in [0.25, 0.3) is 0 Å². The van der Waals surface area contributed by atoms with Gasteiger partial charge in [0.05, 0.1) is 31.5 Å². The van der Waals surface area contributed by atoms with Gasteiger partial charge in [0.1, 0.15) is 0 Å². The van der Waals surface area contributed by atoms with Gasteiger partial charge in [-0.3, -0.25) is 0 Å². The van der Waals surface area contributed by atoms with Gasteiger partial charge >= 0.3 is 5.97 Å². The molecular formula is C29H50O4. The number of carbonyl (C=O) groups is 1. The van der Waals surface area contributed by atoms with Crippen LogP contribution in [0.1, 0.15) is 110 Å². The summed E-state index contributed by atoms with van der Waals surface area (Å²) in [6.45, 7) is 6.93. The van der Waals surface area contributed by atoms with Crippen LogP contribution in [0.15, 0.2) is 12.2 Å². The number of aliphatic hydroxyl groups is 1. The standard InChI is InChI=1S/C29H50O4/c1-3-4-5-7-23-11-15-26(16-12-23)28-18-17-27(21-33-28)25-13-9-24(10-14-25)8-6-19-32-29(31)22(2)20-30/h23-28,30H,2-21H2,1H3. The molecular weight excluding hydrogens is 412 g/mol. The predicted octanol–water partition coefficient (Wildman–Crippen LogP) is 6.85. The van der Waals surface area contributed by atoms with Crippen molar-refractivity contribution in [2.75, 3.05) is 19.8 Å². The van der Waals surface area contributed by atoms with E-state index >= 15 is 0 Å². The van der Waals surface area contributed by atoms with Crippen LogP contribution in [-0.4, -0.2) is 37.0 Å². The number of hydrogen-bond donors (Lipinski definition) is 1. The Morgan fingerprint density at radius 3 is 2.03 bits per heavy atom. The third kappa shape index (κ3) is 8.69. The molecule has 4 heteroatoms. The molecule has 0 aromatic heterocycles. The smallest absolute Gasteiger partial charge is 0.335 e. The average Bonchev–Trinajstić information content (AvgIpc) is 2.87. The highest BCUT2D eigenvalue weighted by atomic mass is 16.5. The van der Waals surface area contributed by atoms with E-state index in [1.807, 2.05) is 0 Å². The van der Waals surface area contributed by atoms with Crippen LogP contribution in [0.2, 0.25) is 0 Å². The van der Waals surface area contributed by atoms with Gasteiger partial charge in [-0.25, -0.2) is 4.79 Å². The zero-order chi connectivity index (χ0) is 23.5. The number of esters is 1. The summed E-state index contributed by atoms with van der Waals surface area (Å²) in [4.78, 5) is 11.5. The molecule has 2 atom stereocenters. The molecule has 2 saturated carbocycles. The summed E-state index contributed by atoms with van der Waals surface area (Å²) in [5, 5.41) is 8.91. The number of unbranched alkanes of at least 4 members (excludes halogenated alkanes) is 2. The first-order chi connectivity index (χ1) is 16.1. The molecule has 0 radical (unpaired) electrons. The normalized spacial score (nSPS) is 32.9. The molecule has 0 amide bonds. The van der Waals surface area contributed by atoms with Crippen LogP contribution in [0.25, 0.3) is 0 Å². The van der Waals surface area contributed by atoms with Gasteiger partial charge in [0.15, 0.2) is 0 Å². The minimum absolute atomic E-state index is 0.141. The SMILES string of the molecule is C=C(CO)C(=O)OCCCC1CCC(C2CCC(C3CCC(CCCCC)CC3)OC2)CC1. The number of carbonyl (C=O) groups excluding carboxylic acids is 1. The molecule has 1 aliphatic heterocycles. The van der Waals surface area contributed by atoms with Gasteiger partial charge in [-0.2, -0.15) is 0 Å². The molecule has 0 aromatic rings. The van der Waals surface area contributed by atoms with Crippen LogP contribution in [0.3, 0.4) is 0 Å². The second kappa shape index (κ2) is 14.5. The van der Waals surface area contributed by atoms with Crippen molar-refractivity contribution in [1.29, 1.82) is 0 Å². The molecule has 3 rings (SSSR count). The summed E-state index contributed by atoms with van der Waals surface area (Å²) in [5.74, 6) is 3.75. The van der Waals surface area contributed by atoms with E-state index in [1.54, 1.807) is 0 Å². The lowest BCUT2D eigenvalue weighted by Crippen LogP contribution is -2.37. The molecule has 2 unspecified atom stereocenters. The van der Waals surface area contributed by atoms with E-state index in [0.717, 1.165) is 49.0 Å². The molecule has 0 bridgehead atoms. The van der Waals surface area contributed by atoms with Crippen LogP contribution in [0, 0.1) is 29.6 Å². The molecule has 3 aliphatic rings. The summed E-state index contributed by atoms with van der Waals surface area (Å²) in [6.07, 6.45) is 21.9. The Kier molecular flexibility index (Phi) is 11.8. The van der Waals surface area contributed by atoms with Crippen molar-refractivity contribution in [2.45, 2.75) is 116 Å². The van der Waals surface area contributed by atoms with Crippen molar-refractivity contribution in [3.63, 3.8) is 0 Å². The molecule has 3 fully saturated rings. The lowest BCUT2D eigenvalue weighted by Gasteiger charge is -2.41. The van der Waals surface area contributed by atoms with E-state index in [4.69, 9.17) is 14.6 Å². The number of ether oxygens (including phenoxy) is 2. The summed E-state index contributed by atoms with van der Waals surface area (Å²) >= 11 is 0. The van der Waals surface area contributed by atoms with E-state index < -0.39 is 5.97 Å². The molecule has 4 nitrogen and oxygen atoms in total. The Labute approximate surface area is 202 Å². The van der Waals surface area contributed by atoms with Crippen molar-refractivity contribution in [2.24, 2.45) is 29.6 Å². The maximum Gasteiger partial charge on any atom is 0.335 e. The second-order valence-electron chi connectivity index (χ2n) is 11.3. The largest absolute Gasteiger partial charge is 0.462 e. The third-order valence-electron chi connectivity index (χ3n) is 9.01. The van der Waals surface area contributed by atoms with Crippen molar-refractivity contribution < 1.29 is 19.4 Å². The Bertz CT molecular complexity index is 564. The maximum atomic E-state index is 11.5. The Balaban J connectivity index is 1.25. The maximum absolute atomic E-state index is 11.5. The molecule has 1 heterocycles. The Hall–Kier alpha value is -0.870. The Morgan fingerprint density at radius 1 is 0.848 bits per heavy atom. The molecule has 1 saturated heterocycles. The lowest BCUT2D eigenvalue weighted by atomic mass is 9.71. The monoisotopic (exact) mass is 462 g/mol. The van der Waals surface area contributed by atoms with E-state index in [2.05, 4.69) is 13.5 Å². The van der Waals surface area contributed by atoms with Crippen LogP contribution < -0.4 is 0 Å². The van der Waals surface area contributed by atoms with Crippen molar-refractivity contribution in [3.05, 3.63) is 12.2 Å². The first kappa shape index (κ1) is 26.7. The third-order valence-corrected chi connectivity index (χ3v) is 9.01. The minimum atomic E-state index is -0.461. The first-order valence-corrected chi connectivity index (χ1v) is 14.2. The first-order valence-electron chi connectivity index (χ1n) is 14.2. The molecule has 1 N–H and O–H groups in total. The lowest BCUT2D eigenvalue weighted by molar-refractivity contribution is -0.139. The van der Waals surface area contributed by atoms with Crippen LogP contribution in [0.4, 0.5) is 0 Å². The topological polar surface area (TPSA) is 55.8 Å². The fourth-order valence-electron chi connectivity index (χ4n) is 6.72. The fourth-order valence-corrected chi connectivity index (χ4v) is 6.72. The van der Waals surface area contributed by atoms with Crippen molar-refractivity contribution in [3.8, 4) is 0 Å². The summed E-state index contributed by atoms with van der Waals surface area (Å²) in [7, 11) is 0. The van der Waals surface area contributed by atoms with Gasteiger partial charge in [0.2, 0.25) is 0 Å². The molecule has 0 spiro atoms. The zero-order valence-corrected chi connectivity index (χ0v) is 21.3. The van der Waals surface area contributed by atoms with Gasteiger partial charge in [-0.1, -0.05) is 64.9 Å². The minimum Gasteiger partial charge on any atom is -0.462 e. The van der Waals surface area contributed by atoms with Gasteiger partial charge < -0.3 is 14.6 Å².